The molecule has 0 radical (unpaired) electrons. The van der Waals surface area contributed by atoms with E-state index in [1.54, 1.807) is 0 Å². The van der Waals surface area contributed by atoms with Gasteiger partial charge in [0.25, 0.3) is 0 Å². The lowest BCUT2D eigenvalue weighted by Crippen LogP contribution is -2.95. The number of allylic oxidation sites excluding steroid dienone is 5. The van der Waals surface area contributed by atoms with Gasteiger partial charge in [-0.25, -0.2) is 9.98 Å². The Morgan fingerprint density at radius 3 is 1.21 bits per heavy atom. The van der Waals surface area contributed by atoms with Crippen LogP contribution in [0.4, 0.5) is 45.5 Å². The summed E-state index contributed by atoms with van der Waals surface area (Å²) >= 11 is 0. The summed E-state index contributed by atoms with van der Waals surface area (Å²) < 4.78 is 5.63. The largest absolute Gasteiger partial charge is 0.378 e. The third kappa shape index (κ3) is 12.7. The maximum atomic E-state index is 11.2. The Balaban J connectivity index is 0.540. The van der Waals surface area contributed by atoms with Crippen LogP contribution in [0.25, 0.3) is 71.7 Å². The van der Waals surface area contributed by atoms with Crippen LogP contribution >= 0.6 is 0 Å². The van der Waals surface area contributed by atoms with Gasteiger partial charge in [-0.1, -0.05) is 340 Å². The number of hydrogen-bond donors (Lipinski definition) is 5. The normalized spacial score (nSPS) is 16.0. The lowest BCUT2D eigenvalue weighted by atomic mass is 9.67. The van der Waals surface area contributed by atoms with Gasteiger partial charge in [0.05, 0.1) is 27.5 Å². The van der Waals surface area contributed by atoms with Crippen molar-refractivity contribution in [2.45, 2.75) is 29.3 Å². The number of quaternary nitrogens is 1. The third-order valence-electron chi connectivity index (χ3n) is 27.4. The van der Waals surface area contributed by atoms with Gasteiger partial charge in [0, 0.05) is 90.8 Å². The van der Waals surface area contributed by atoms with E-state index in [2.05, 4.69) is 431 Å². The molecule has 6 aliphatic rings. The van der Waals surface area contributed by atoms with Crippen molar-refractivity contribution >= 4 is 106 Å². The molecule has 10 heteroatoms. The molecule has 0 fully saturated rings. The van der Waals surface area contributed by atoms with Crippen molar-refractivity contribution in [3.05, 3.63) is 544 Å². The fourth-order valence-corrected chi connectivity index (χ4v) is 21.7. The van der Waals surface area contributed by atoms with Gasteiger partial charge < -0.3 is 25.8 Å². The van der Waals surface area contributed by atoms with E-state index in [0.717, 1.165) is 84.9 Å². The average molecular weight is 1680 g/mol. The van der Waals surface area contributed by atoms with E-state index in [0.29, 0.717) is 11.1 Å². The molecule has 616 valence electrons. The summed E-state index contributed by atoms with van der Waals surface area (Å²) in [7, 11) is 0. The first-order valence-electron chi connectivity index (χ1n) is 44.8. The Morgan fingerprint density at radius 1 is 0.336 bits per heavy atom. The molecular formula is C121H84N10+2. The molecule has 4 heterocycles. The van der Waals surface area contributed by atoms with Crippen LogP contribution in [-0.2, 0) is 10.8 Å². The molecule has 6 N–H and O–H groups in total. The molecule has 0 saturated carbocycles. The van der Waals surface area contributed by atoms with Gasteiger partial charge in [0.15, 0.2) is 18.5 Å². The standard InChI is InChI=1S/C121H82N10/c122-75-103(79-59-67-92(68-60-79)130(89-41-15-5-16-42-89)91-65-57-78(58-66-91)84-73-101(116(124-77-84)128-117-99-49-23-29-82-31-25-55-109(125-117)112(82)99)95-47-27-53-107-114(95)97-45-19-21-51-105(97)120(107,85-33-7-1-8-34-85)86-35-9-2-10-36-86)104(76-123)80-61-69-93(70-62-80)131(90-43-17-6-18-44-90)94-71-63-81(64-72-94)111-74-102(119(127-111)129-118-100-50-24-30-83-32-26-56-110(126-118)113(83)100)96-48-28-54-108-115(96)98-46-20-22-52-106(98)121(108,87-37-11-3-12-38-87)88-39-13-4-14-40-88/h1-74,77,116-118,124-126,128H/p+2. The van der Waals surface area contributed by atoms with Crippen molar-refractivity contribution < 1.29 is 5.32 Å². The van der Waals surface area contributed by atoms with Gasteiger partial charge in [0.1, 0.15) is 12.1 Å². The molecule has 131 heavy (non-hydrogen) atoms. The summed E-state index contributed by atoms with van der Waals surface area (Å²) in [6, 6.07) is 161. The maximum Gasteiger partial charge on any atom is 0.378 e. The Labute approximate surface area is 760 Å². The molecule has 10 nitrogen and oxygen atoms in total. The summed E-state index contributed by atoms with van der Waals surface area (Å²) in [4.78, 5) is 4.45. The predicted octanol–water partition coefficient (Wildman–Crippen LogP) is 25.7. The molecule has 0 spiro atoms. The number of hydrogen-bond acceptors (Lipinski definition) is 8. The molecule has 0 aromatic heterocycles. The smallest absolute Gasteiger partial charge is 0.343 e. The molecule has 3 unspecified atom stereocenters. The minimum absolute atomic E-state index is 0.0530. The molecule has 2 aliphatic carbocycles. The molecule has 18 aromatic carbocycles. The summed E-state index contributed by atoms with van der Waals surface area (Å²) in [5, 5.41) is 45.5. The van der Waals surface area contributed by atoms with Gasteiger partial charge in [-0.3, -0.25) is 5.32 Å². The lowest BCUT2D eigenvalue weighted by molar-refractivity contribution is -0.713. The van der Waals surface area contributed by atoms with Crippen LogP contribution in [0.15, 0.2) is 455 Å². The van der Waals surface area contributed by atoms with Crippen molar-refractivity contribution in [2.75, 3.05) is 20.4 Å². The molecule has 0 amide bonds. The zero-order valence-electron chi connectivity index (χ0n) is 71.3. The predicted molar refractivity (Wildman–Crippen MR) is 536 cm³/mol. The van der Waals surface area contributed by atoms with Crippen molar-refractivity contribution in [2.24, 2.45) is 0 Å². The molecular weight excluding hydrogens is 1590 g/mol. The summed E-state index contributed by atoms with van der Waals surface area (Å²) in [6.07, 6.45) is 6.36. The van der Waals surface area contributed by atoms with Crippen LogP contribution < -0.4 is 41.1 Å². The maximum absolute atomic E-state index is 11.2. The van der Waals surface area contributed by atoms with Gasteiger partial charge in [-0.05, 0) is 214 Å². The molecule has 0 bridgehead atoms. The first kappa shape index (κ1) is 77.2. The van der Waals surface area contributed by atoms with Gasteiger partial charge in [-0.15, -0.1) is 0 Å². The number of para-hydroxylation sites is 2. The third-order valence-corrected chi connectivity index (χ3v) is 27.4. The summed E-state index contributed by atoms with van der Waals surface area (Å²) in [5.74, 6) is 0.773. The van der Waals surface area contributed by atoms with Crippen LogP contribution in [0.1, 0.15) is 101 Å². The Morgan fingerprint density at radius 2 is 0.718 bits per heavy atom. The highest BCUT2D eigenvalue weighted by Gasteiger charge is 2.50. The van der Waals surface area contributed by atoms with Crippen molar-refractivity contribution in [3.8, 4) is 34.4 Å². The molecule has 0 saturated heterocycles. The number of anilines is 8. The summed E-state index contributed by atoms with van der Waals surface area (Å²) in [5.41, 5.74) is 33.9. The minimum atomic E-state index is -0.590. The first-order chi connectivity index (χ1) is 64.9. The highest BCUT2D eigenvalue weighted by Crippen LogP contribution is 2.60. The number of rotatable bonds is 19. The van der Waals surface area contributed by atoms with E-state index in [1.165, 1.54) is 111 Å². The van der Waals surface area contributed by atoms with E-state index in [-0.39, 0.29) is 29.6 Å². The molecule has 4 aliphatic heterocycles. The fraction of sp³-hybridized carbons (Fsp3) is 0.0413. The average Bonchev–Trinajstić information content (AvgIpc) is 1.54. The van der Waals surface area contributed by atoms with Crippen LogP contribution in [0.2, 0.25) is 0 Å². The Hall–Kier alpha value is -17.4. The number of fused-ring (bicyclic) bond motifs is 6. The highest BCUT2D eigenvalue weighted by molar-refractivity contribution is 6.35. The molecule has 24 rings (SSSR count). The van der Waals surface area contributed by atoms with Crippen LogP contribution in [0, 0.1) is 22.7 Å². The van der Waals surface area contributed by atoms with Crippen molar-refractivity contribution in [3.63, 3.8) is 0 Å². The van der Waals surface area contributed by atoms with E-state index in [4.69, 9.17) is 4.67 Å². The lowest BCUT2D eigenvalue weighted by Gasteiger charge is -2.34. The van der Waals surface area contributed by atoms with E-state index in [9.17, 15) is 10.5 Å². The molecule has 3 atom stereocenters. The van der Waals surface area contributed by atoms with Crippen molar-refractivity contribution in [1.82, 2.24) is 15.3 Å². The SMILES string of the molecule is N#CC(=C(C#N)c1ccc(N(c2ccccc2)c2ccc(C3=[N+]=C(NC4Nc5cccc6cccc4c56)C(c4cccc5c4-c4ccccc4C5(c4ccccc4)c4ccccc4)=C3)cc2)cc1)c1ccc(N(c2ccccc2)c2ccc(C3=CNC([NH2+]C4Nc5cccc6cccc4c56)C(c4cccc5c4-c4ccccc4C5(c4ccccc4)c4ccccc4)=C3)cc2)cc1. The Bertz CT molecular complexity index is 7810. The second-order valence-electron chi connectivity index (χ2n) is 34.3. The second-order valence-corrected chi connectivity index (χ2v) is 34.3. The van der Waals surface area contributed by atoms with Crippen LogP contribution in [0.3, 0.4) is 0 Å². The monoisotopic (exact) mass is 1680 g/mol. The number of nitriles is 2. The summed E-state index contributed by atoms with van der Waals surface area (Å²) in [6.45, 7) is 0. The minimum Gasteiger partial charge on any atom is -0.343 e. The molecule has 18 aromatic rings. The zero-order valence-corrected chi connectivity index (χ0v) is 71.3. The van der Waals surface area contributed by atoms with Gasteiger partial charge in [0.2, 0.25) is 5.71 Å². The number of dihydropyridines is 1. The number of benzene rings is 18. The zero-order chi connectivity index (χ0) is 87.1. The highest BCUT2D eigenvalue weighted by atomic mass is 15.2. The van der Waals surface area contributed by atoms with Crippen LogP contribution in [-0.4, -0.2) is 17.7 Å². The van der Waals surface area contributed by atoms with E-state index >= 15 is 0 Å². The fourth-order valence-electron chi connectivity index (χ4n) is 21.7. The van der Waals surface area contributed by atoms with Gasteiger partial charge in [-0.2, -0.15) is 10.5 Å². The van der Waals surface area contributed by atoms with E-state index < -0.39 is 10.8 Å². The topological polar surface area (TPSA) is 133 Å². The van der Waals surface area contributed by atoms with Gasteiger partial charge >= 0.3 is 5.84 Å². The Kier molecular flexibility index (Phi) is 18.8. The number of nitrogens with two attached hydrogens (primary N) is 1. The van der Waals surface area contributed by atoms with Crippen molar-refractivity contribution in [1.29, 1.82) is 10.5 Å². The first-order valence-corrected chi connectivity index (χ1v) is 44.8. The number of amidine groups is 1. The van der Waals surface area contributed by atoms with Crippen LogP contribution in [0.5, 0.6) is 0 Å². The van der Waals surface area contributed by atoms with E-state index in [1.807, 2.05) is 72.8 Å². The quantitative estimate of drug-likeness (QED) is 0.0307. The second kappa shape index (κ2) is 31.9. The number of nitrogens with one attached hydrogen (secondary N) is 4. The number of nitrogens with zero attached hydrogens (tertiary/aromatic N) is 5.